The summed E-state index contributed by atoms with van der Waals surface area (Å²) in [7, 11) is 1.86. The minimum atomic E-state index is -0.424. The number of aromatic nitrogens is 5. The molecule has 25 heavy (non-hydrogen) atoms. The Morgan fingerprint density at radius 2 is 1.76 bits per heavy atom. The Morgan fingerprint density at radius 3 is 2.48 bits per heavy atom. The van der Waals surface area contributed by atoms with Crippen LogP contribution in [0.4, 0.5) is 4.39 Å². The van der Waals surface area contributed by atoms with Gasteiger partial charge in [0.15, 0.2) is 5.82 Å². The zero-order valence-electron chi connectivity index (χ0n) is 14.7. The van der Waals surface area contributed by atoms with Gasteiger partial charge in [-0.15, -0.1) is 5.10 Å². The van der Waals surface area contributed by atoms with Gasteiger partial charge in [-0.05, 0) is 56.8 Å². The van der Waals surface area contributed by atoms with E-state index in [1.807, 2.05) is 7.05 Å². The summed E-state index contributed by atoms with van der Waals surface area (Å²) in [6.45, 7) is 0. The van der Waals surface area contributed by atoms with Gasteiger partial charge in [0.05, 0.1) is 11.9 Å². The molecule has 0 aromatic carbocycles. The van der Waals surface area contributed by atoms with E-state index in [0.29, 0.717) is 35.1 Å². The molecule has 2 fully saturated rings. The Morgan fingerprint density at radius 1 is 1.08 bits per heavy atom. The van der Waals surface area contributed by atoms with Crippen LogP contribution < -0.4 is 5.73 Å². The number of rotatable bonds is 5. The lowest BCUT2D eigenvalue weighted by atomic mass is 9.84. The molecule has 0 aliphatic heterocycles. The number of halogens is 1. The monoisotopic (exact) mass is 344 g/mol. The average Bonchev–Trinajstić information content (AvgIpc) is 3.35. The molecule has 4 rings (SSSR count). The van der Waals surface area contributed by atoms with Crippen LogP contribution in [0.1, 0.15) is 50.0 Å². The van der Waals surface area contributed by atoms with E-state index in [9.17, 15) is 4.39 Å². The van der Waals surface area contributed by atoms with Crippen molar-refractivity contribution in [1.82, 2.24) is 25.0 Å². The van der Waals surface area contributed by atoms with Crippen LogP contribution in [0.25, 0.3) is 11.4 Å². The number of aryl methyl sites for hydroxylation is 1. The lowest BCUT2D eigenvalue weighted by molar-refractivity contribution is 0.320. The maximum atomic E-state index is 14.4. The van der Waals surface area contributed by atoms with E-state index >= 15 is 0 Å². The van der Waals surface area contributed by atoms with Crippen molar-refractivity contribution in [3.63, 3.8) is 0 Å². The van der Waals surface area contributed by atoms with E-state index in [2.05, 4.69) is 20.3 Å². The van der Waals surface area contributed by atoms with Crippen molar-refractivity contribution < 1.29 is 4.39 Å². The standard InChI is InChI=1S/C18H25FN6/c1-25-15(8-11-2-3-11)18(23-24-25)17-14(19)10-21-16(22-17)9-12-4-6-13(20)7-5-12/h10-13H,2-9,20H2,1H3. The fourth-order valence-corrected chi connectivity index (χ4v) is 3.70. The smallest absolute Gasteiger partial charge is 0.169 e. The second-order valence-electron chi connectivity index (χ2n) is 7.62. The minimum Gasteiger partial charge on any atom is -0.328 e. The van der Waals surface area contributed by atoms with Crippen molar-refractivity contribution in [3.8, 4) is 11.4 Å². The van der Waals surface area contributed by atoms with Gasteiger partial charge < -0.3 is 5.73 Å². The summed E-state index contributed by atoms with van der Waals surface area (Å²) in [5, 5.41) is 8.29. The molecule has 0 atom stereocenters. The Labute approximate surface area is 147 Å². The van der Waals surface area contributed by atoms with Crippen molar-refractivity contribution in [3.05, 3.63) is 23.5 Å². The molecular formula is C18H25FN6. The molecule has 2 N–H and O–H groups in total. The van der Waals surface area contributed by atoms with Crippen LogP contribution in [0, 0.1) is 17.7 Å². The molecule has 2 aromatic heterocycles. The lowest BCUT2D eigenvalue weighted by Gasteiger charge is -2.25. The lowest BCUT2D eigenvalue weighted by Crippen LogP contribution is -2.27. The normalized spacial score (nSPS) is 23.8. The Kier molecular flexibility index (Phi) is 4.50. The second kappa shape index (κ2) is 6.78. The Hall–Kier alpha value is -1.89. The topological polar surface area (TPSA) is 82.5 Å². The number of hydrogen-bond acceptors (Lipinski definition) is 5. The second-order valence-corrected chi connectivity index (χ2v) is 7.62. The quantitative estimate of drug-likeness (QED) is 0.901. The largest absolute Gasteiger partial charge is 0.328 e. The summed E-state index contributed by atoms with van der Waals surface area (Å²) < 4.78 is 16.2. The van der Waals surface area contributed by atoms with Gasteiger partial charge in [0.2, 0.25) is 0 Å². The molecule has 0 unspecified atom stereocenters. The van der Waals surface area contributed by atoms with Gasteiger partial charge in [0.25, 0.3) is 0 Å². The molecule has 2 aliphatic rings. The first-order valence-corrected chi connectivity index (χ1v) is 9.26. The molecule has 2 saturated carbocycles. The highest BCUT2D eigenvalue weighted by Gasteiger charge is 2.27. The van der Waals surface area contributed by atoms with Crippen LogP contribution in [0.15, 0.2) is 6.20 Å². The molecule has 7 heteroatoms. The van der Waals surface area contributed by atoms with E-state index in [1.165, 1.54) is 19.0 Å². The van der Waals surface area contributed by atoms with Crippen LogP contribution >= 0.6 is 0 Å². The van der Waals surface area contributed by atoms with Gasteiger partial charge in [-0.3, -0.25) is 4.68 Å². The van der Waals surface area contributed by atoms with Crippen LogP contribution in [0.5, 0.6) is 0 Å². The first-order valence-electron chi connectivity index (χ1n) is 9.26. The zero-order valence-corrected chi connectivity index (χ0v) is 14.7. The fraction of sp³-hybridized carbons (Fsp3) is 0.667. The van der Waals surface area contributed by atoms with Crippen LogP contribution in [0.2, 0.25) is 0 Å². The highest BCUT2D eigenvalue weighted by molar-refractivity contribution is 5.57. The summed E-state index contributed by atoms with van der Waals surface area (Å²) >= 11 is 0. The third kappa shape index (κ3) is 3.71. The maximum absolute atomic E-state index is 14.4. The van der Waals surface area contributed by atoms with Crippen molar-refractivity contribution >= 4 is 0 Å². The molecule has 0 saturated heterocycles. The first-order chi connectivity index (χ1) is 12.1. The van der Waals surface area contributed by atoms with Crippen molar-refractivity contribution in [2.75, 3.05) is 0 Å². The van der Waals surface area contributed by atoms with Gasteiger partial charge in [-0.2, -0.15) is 0 Å². The van der Waals surface area contributed by atoms with E-state index in [0.717, 1.165) is 44.2 Å². The molecule has 2 aliphatic carbocycles. The predicted octanol–water partition coefficient (Wildman–Crippen LogP) is 2.42. The molecule has 2 aromatic rings. The van der Waals surface area contributed by atoms with E-state index in [1.54, 1.807) is 4.68 Å². The zero-order chi connectivity index (χ0) is 17.4. The molecule has 0 radical (unpaired) electrons. The molecule has 6 nitrogen and oxygen atoms in total. The fourth-order valence-electron chi connectivity index (χ4n) is 3.70. The highest BCUT2D eigenvalue weighted by Crippen LogP contribution is 2.35. The molecule has 0 amide bonds. The summed E-state index contributed by atoms with van der Waals surface area (Å²) in [5.41, 5.74) is 7.81. The Bertz CT molecular complexity index is 746. The highest BCUT2D eigenvalue weighted by atomic mass is 19.1. The van der Waals surface area contributed by atoms with E-state index in [-0.39, 0.29) is 0 Å². The molecule has 2 heterocycles. The molecular weight excluding hydrogens is 319 g/mol. The average molecular weight is 344 g/mol. The summed E-state index contributed by atoms with van der Waals surface area (Å²) in [6.07, 6.45) is 9.68. The van der Waals surface area contributed by atoms with Gasteiger partial charge in [-0.1, -0.05) is 5.21 Å². The van der Waals surface area contributed by atoms with Gasteiger partial charge in [-0.25, -0.2) is 14.4 Å². The summed E-state index contributed by atoms with van der Waals surface area (Å²) in [5.74, 6) is 1.48. The van der Waals surface area contributed by atoms with Crippen molar-refractivity contribution in [2.24, 2.45) is 24.6 Å². The van der Waals surface area contributed by atoms with Crippen molar-refractivity contribution in [2.45, 2.75) is 57.4 Å². The van der Waals surface area contributed by atoms with Gasteiger partial charge in [0, 0.05) is 19.5 Å². The molecule has 0 spiro atoms. The molecule has 134 valence electrons. The number of nitrogens with zero attached hydrogens (tertiary/aromatic N) is 5. The summed E-state index contributed by atoms with van der Waals surface area (Å²) in [6, 6.07) is 0.325. The van der Waals surface area contributed by atoms with Gasteiger partial charge in [0.1, 0.15) is 17.2 Å². The first kappa shape index (κ1) is 16.6. The van der Waals surface area contributed by atoms with E-state index in [4.69, 9.17) is 5.73 Å². The predicted molar refractivity (Wildman–Crippen MR) is 92.1 cm³/mol. The van der Waals surface area contributed by atoms with Crippen LogP contribution in [-0.4, -0.2) is 31.0 Å². The Balaban J connectivity index is 1.57. The molecule has 0 bridgehead atoms. The van der Waals surface area contributed by atoms with Gasteiger partial charge >= 0.3 is 0 Å². The number of hydrogen-bond donors (Lipinski definition) is 1. The minimum absolute atomic E-state index is 0.293. The third-order valence-electron chi connectivity index (χ3n) is 5.50. The van der Waals surface area contributed by atoms with Crippen molar-refractivity contribution in [1.29, 1.82) is 0 Å². The SMILES string of the molecule is Cn1nnc(-c2nc(CC3CCC(N)CC3)ncc2F)c1CC1CC1. The van der Waals surface area contributed by atoms with Crippen LogP contribution in [0.3, 0.4) is 0 Å². The third-order valence-corrected chi connectivity index (χ3v) is 5.50. The maximum Gasteiger partial charge on any atom is 0.169 e. The van der Waals surface area contributed by atoms with Crippen LogP contribution in [-0.2, 0) is 19.9 Å². The summed E-state index contributed by atoms with van der Waals surface area (Å²) in [4.78, 5) is 8.74. The van der Waals surface area contributed by atoms with E-state index < -0.39 is 5.82 Å². The number of nitrogens with two attached hydrogens (primary N) is 1.